The first-order valence-electron chi connectivity index (χ1n) is 8.59. The minimum Gasteiger partial charge on any atom is -0.414 e. The van der Waals surface area contributed by atoms with Crippen LogP contribution in [-0.4, -0.2) is 34.2 Å². The van der Waals surface area contributed by atoms with Crippen LogP contribution in [0.4, 0.5) is 0 Å². The van der Waals surface area contributed by atoms with Gasteiger partial charge in [0.15, 0.2) is 8.32 Å². The predicted octanol–water partition coefficient (Wildman–Crippen LogP) is 5.02. The number of ether oxygens (including phenoxy) is 2. The summed E-state index contributed by atoms with van der Waals surface area (Å²) >= 11 is 0. The number of rotatable bonds is 10. The van der Waals surface area contributed by atoms with Crippen LogP contribution in [0.25, 0.3) is 0 Å². The Bertz CT molecular complexity index is 426. The molecule has 1 atom stereocenters. The zero-order chi connectivity index (χ0) is 17.3. The normalized spacial score (nSPS) is 14.0. The molecule has 0 N–H and O–H groups in total. The van der Waals surface area contributed by atoms with Gasteiger partial charge >= 0.3 is 0 Å². The Hall–Kier alpha value is -0.683. The van der Waals surface area contributed by atoms with Crippen LogP contribution in [0, 0.1) is 0 Å². The van der Waals surface area contributed by atoms with Gasteiger partial charge in [0, 0.05) is 6.61 Å². The minimum absolute atomic E-state index is 0.205. The van der Waals surface area contributed by atoms with Crippen molar-refractivity contribution in [2.24, 2.45) is 0 Å². The molecule has 0 heterocycles. The van der Waals surface area contributed by atoms with Crippen LogP contribution in [0.1, 0.15) is 39.7 Å². The van der Waals surface area contributed by atoms with Gasteiger partial charge in [-0.15, -0.1) is 0 Å². The first kappa shape index (κ1) is 20.4. The Kier molecular flexibility index (Phi) is 8.48. The molecule has 1 unspecified atom stereocenters. The summed E-state index contributed by atoms with van der Waals surface area (Å²) in [6, 6.07) is 10.3. The molecule has 0 aliphatic carbocycles. The van der Waals surface area contributed by atoms with E-state index in [0.29, 0.717) is 19.8 Å². The standard InChI is InChI=1S/C19H34O3Si/c1-17(21-16-18-10-8-7-9-11-18)12-13-20-14-15-22-23(5,6)19(2,3)4/h7-11,17H,12-16H2,1-6H3. The Morgan fingerprint density at radius 3 is 2.26 bits per heavy atom. The molecule has 132 valence electrons. The quantitative estimate of drug-likeness (QED) is 0.443. The highest BCUT2D eigenvalue weighted by atomic mass is 28.4. The molecule has 0 bridgehead atoms. The molecule has 0 spiro atoms. The third kappa shape index (κ3) is 8.11. The van der Waals surface area contributed by atoms with Crippen LogP contribution in [0.15, 0.2) is 30.3 Å². The zero-order valence-electron chi connectivity index (χ0n) is 15.7. The molecule has 0 saturated heterocycles. The third-order valence-electron chi connectivity index (χ3n) is 4.54. The summed E-state index contributed by atoms with van der Waals surface area (Å²) < 4.78 is 17.6. The van der Waals surface area contributed by atoms with Crippen molar-refractivity contribution in [3.63, 3.8) is 0 Å². The van der Waals surface area contributed by atoms with Crippen molar-refractivity contribution in [2.45, 2.75) is 65.0 Å². The lowest BCUT2D eigenvalue weighted by molar-refractivity contribution is 0.0169. The van der Waals surface area contributed by atoms with Crippen LogP contribution < -0.4 is 0 Å². The lowest BCUT2D eigenvalue weighted by Gasteiger charge is -2.36. The summed E-state index contributed by atoms with van der Waals surface area (Å²) in [6.07, 6.45) is 1.11. The average Bonchev–Trinajstić information content (AvgIpc) is 2.48. The van der Waals surface area contributed by atoms with Crippen molar-refractivity contribution in [3.05, 3.63) is 35.9 Å². The topological polar surface area (TPSA) is 27.7 Å². The van der Waals surface area contributed by atoms with E-state index >= 15 is 0 Å². The van der Waals surface area contributed by atoms with Gasteiger partial charge in [0.25, 0.3) is 0 Å². The van der Waals surface area contributed by atoms with Crippen molar-refractivity contribution in [1.29, 1.82) is 0 Å². The van der Waals surface area contributed by atoms with Gasteiger partial charge in [-0.25, -0.2) is 0 Å². The van der Waals surface area contributed by atoms with Gasteiger partial charge in [-0.3, -0.25) is 0 Å². The molecule has 1 aromatic carbocycles. The first-order valence-corrected chi connectivity index (χ1v) is 11.5. The summed E-state index contributed by atoms with van der Waals surface area (Å²) in [6.45, 7) is 16.1. The molecular weight excluding hydrogens is 304 g/mol. The van der Waals surface area contributed by atoms with E-state index in [9.17, 15) is 0 Å². The summed E-state index contributed by atoms with van der Waals surface area (Å²) in [4.78, 5) is 0. The molecule has 3 nitrogen and oxygen atoms in total. The molecule has 0 fully saturated rings. The van der Waals surface area contributed by atoms with Crippen molar-refractivity contribution < 1.29 is 13.9 Å². The second-order valence-corrected chi connectivity index (χ2v) is 12.4. The molecule has 4 heteroatoms. The van der Waals surface area contributed by atoms with Crippen LogP contribution in [0.5, 0.6) is 0 Å². The Morgan fingerprint density at radius 2 is 1.65 bits per heavy atom. The molecule has 0 aromatic heterocycles. The van der Waals surface area contributed by atoms with E-state index in [-0.39, 0.29) is 11.1 Å². The number of hydrogen-bond donors (Lipinski definition) is 0. The minimum atomic E-state index is -1.64. The first-order chi connectivity index (χ1) is 10.7. The average molecular weight is 339 g/mol. The van der Waals surface area contributed by atoms with E-state index in [0.717, 1.165) is 13.0 Å². The lowest BCUT2D eigenvalue weighted by Crippen LogP contribution is -2.41. The van der Waals surface area contributed by atoms with E-state index in [4.69, 9.17) is 13.9 Å². The smallest absolute Gasteiger partial charge is 0.192 e. The van der Waals surface area contributed by atoms with Crippen LogP contribution >= 0.6 is 0 Å². The molecule has 23 heavy (non-hydrogen) atoms. The Balaban J connectivity index is 2.06. The van der Waals surface area contributed by atoms with E-state index in [2.05, 4.69) is 52.9 Å². The monoisotopic (exact) mass is 338 g/mol. The highest BCUT2D eigenvalue weighted by molar-refractivity contribution is 6.74. The van der Waals surface area contributed by atoms with Crippen molar-refractivity contribution in [1.82, 2.24) is 0 Å². The molecule has 0 amide bonds. The van der Waals surface area contributed by atoms with Gasteiger partial charge < -0.3 is 13.9 Å². The SMILES string of the molecule is CC(CCOCCO[Si](C)(C)C(C)(C)C)OCc1ccccc1. The molecule has 1 aromatic rings. The third-order valence-corrected chi connectivity index (χ3v) is 9.08. The Labute approximate surface area is 143 Å². The number of hydrogen-bond acceptors (Lipinski definition) is 3. The maximum atomic E-state index is 6.09. The van der Waals surface area contributed by atoms with Crippen molar-refractivity contribution in [3.8, 4) is 0 Å². The van der Waals surface area contributed by atoms with Crippen LogP contribution in [-0.2, 0) is 20.5 Å². The predicted molar refractivity (Wildman–Crippen MR) is 99.3 cm³/mol. The fraction of sp³-hybridized carbons (Fsp3) is 0.684. The molecule has 0 aliphatic heterocycles. The van der Waals surface area contributed by atoms with Gasteiger partial charge in [0.2, 0.25) is 0 Å². The largest absolute Gasteiger partial charge is 0.414 e. The summed E-state index contributed by atoms with van der Waals surface area (Å²) in [5, 5.41) is 0.257. The summed E-state index contributed by atoms with van der Waals surface area (Å²) in [7, 11) is -1.64. The molecule has 0 radical (unpaired) electrons. The fourth-order valence-corrected chi connectivity index (χ4v) is 2.85. The number of benzene rings is 1. The van der Waals surface area contributed by atoms with Crippen molar-refractivity contribution >= 4 is 8.32 Å². The van der Waals surface area contributed by atoms with Gasteiger partial charge in [0.05, 0.1) is 25.9 Å². The summed E-state index contributed by atoms with van der Waals surface area (Å²) in [5.74, 6) is 0. The van der Waals surface area contributed by atoms with Crippen LogP contribution in [0.2, 0.25) is 18.1 Å². The van der Waals surface area contributed by atoms with Crippen LogP contribution in [0.3, 0.4) is 0 Å². The van der Waals surface area contributed by atoms with Crippen molar-refractivity contribution in [2.75, 3.05) is 19.8 Å². The summed E-state index contributed by atoms with van der Waals surface area (Å²) in [5.41, 5.74) is 1.21. The fourth-order valence-electron chi connectivity index (χ4n) is 1.82. The molecule has 0 saturated carbocycles. The molecule has 1 rings (SSSR count). The van der Waals surface area contributed by atoms with E-state index < -0.39 is 8.32 Å². The Morgan fingerprint density at radius 1 is 1.00 bits per heavy atom. The van der Waals surface area contributed by atoms with E-state index in [1.807, 2.05) is 18.2 Å². The van der Waals surface area contributed by atoms with Gasteiger partial charge in [-0.2, -0.15) is 0 Å². The second-order valence-electron chi connectivity index (χ2n) is 7.62. The molecule has 0 aliphatic rings. The van der Waals surface area contributed by atoms with Gasteiger partial charge in [-0.1, -0.05) is 51.1 Å². The van der Waals surface area contributed by atoms with E-state index in [1.165, 1.54) is 5.56 Å². The second kappa shape index (κ2) is 9.57. The lowest BCUT2D eigenvalue weighted by atomic mass is 10.2. The maximum absolute atomic E-state index is 6.09. The highest BCUT2D eigenvalue weighted by Crippen LogP contribution is 2.36. The molecular formula is C19H34O3Si. The zero-order valence-corrected chi connectivity index (χ0v) is 16.7. The van der Waals surface area contributed by atoms with E-state index in [1.54, 1.807) is 0 Å². The van der Waals surface area contributed by atoms with Gasteiger partial charge in [0.1, 0.15) is 0 Å². The highest BCUT2D eigenvalue weighted by Gasteiger charge is 2.36. The van der Waals surface area contributed by atoms with Gasteiger partial charge in [-0.05, 0) is 37.0 Å². The maximum Gasteiger partial charge on any atom is 0.192 e.